The molecule has 2 fully saturated rings. The predicted octanol–water partition coefficient (Wildman–Crippen LogP) is 1.03. The number of nitrogens with zero attached hydrogens (tertiary/aromatic N) is 2. The molecule has 0 spiro atoms. The summed E-state index contributed by atoms with van der Waals surface area (Å²) in [6, 6.07) is 0. The fourth-order valence-electron chi connectivity index (χ4n) is 3.79. The average Bonchev–Trinajstić information content (AvgIpc) is 2.45. The number of likely N-dealkylation sites (N-methyl/N-ethyl adjacent to an activating group) is 1. The van der Waals surface area contributed by atoms with E-state index in [4.69, 9.17) is 4.74 Å². The summed E-state index contributed by atoms with van der Waals surface area (Å²) in [6.07, 6.45) is 0.534. The van der Waals surface area contributed by atoms with Gasteiger partial charge in [-0.1, -0.05) is 0 Å². The van der Waals surface area contributed by atoms with Crippen molar-refractivity contribution >= 4 is 5.97 Å². The first kappa shape index (κ1) is 14.8. The molecule has 0 saturated carbocycles. The van der Waals surface area contributed by atoms with Gasteiger partial charge in [-0.05, 0) is 34.7 Å². The van der Waals surface area contributed by atoms with Crippen molar-refractivity contribution < 1.29 is 14.6 Å². The van der Waals surface area contributed by atoms with Gasteiger partial charge in [0.2, 0.25) is 0 Å². The second kappa shape index (κ2) is 4.43. The molecule has 2 rings (SSSR count). The first-order valence-electron chi connectivity index (χ1n) is 6.98. The van der Waals surface area contributed by atoms with Crippen LogP contribution in [-0.2, 0) is 9.53 Å². The van der Waals surface area contributed by atoms with Gasteiger partial charge in [-0.15, -0.1) is 0 Å². The van der Waals surface area contributed by atoms with E-state index < -0.39 is 22.7 Å². The normalized spacial score (nSPS) is 35.4. The molecule has 19 heavy (non-hydrogen) atoms. The van der Waals surface area contributed by atoms with Crippen molar-refractivity contribution in [1.29, 1.82) is 0 Å². The maximum absolute atomic E-state index is 12.1. The summed E-state index contributed by atoms with van der Waals surface area (Å²) in [5.74, 6) is -0.757. The monoisotopic (exact) mass is 270 g/mol. The lowest BCUT2D eigenvalue weighted by Crippen LogP contribution is -2.67. The summed E-state index contributed by atoms with van der Waals surface area (Å²) in [5.41, 5.74) is -2.00. The highest BCUT2D eigenvalue weighted by molar-refractivity contribution is 5.81. The minimum Gasteiger partial charge on any atom is -0.480 e. The molecule has 5 heteroatoms. The lowest BCUT2D eigenvalue weighted by molar-refractivity contribution is -0.168. The van der Waals surface area contributed by atoms with Gasteiger partial charge in [0, 0.05) is 32.6 Å². The molecule has 2 saturated heterocycles. The zero-order valence-corrected chi connectivity index (χ0v) is 12.7. The Kier molecular flexibility index (Phi) is 3.44. The van der Waals surface area contributed by atoms with Crippen LogP contribution in [0.3, 0.4) is 0 Å². The second-order valence-corrected chi connectivity index (χ2v) is 7.00. The number of aliphatic carboxylic acids is 1. The molecule has 5 nitrogen and oxygen atoms in total. The third kappa shape index (κ3) is 2.28. The minimum atomic E-state index is -0.919. The predicted molar refractivity (Wildman–Crippen MR) is 73.3 cm³/mol. The van der Waals surface area contributed by atoms with Crippen molar-refractivity contribution in [3.05, 3.63) is 0 Å². The Morgan fingerprint density at radius 2 is 1.63 bits per heavy atom. The van der Waals surface area contributed by atoms with Gasteiger partial charge in [-0.25, -0.2) is 0 Å². The van der Waals surface area contributed by atoms with Crippen LogP contribution in [0.1, 0.15) is 34.1 Å². The topological polar surface area (TPSA) is 53.0 Å². The molecule has 110 valence electrons. The standard InChI is InChI=1S/C14H26N2O3/c1-12(2)10-14(11(17)18,13(3,4)19-12)16-8-6-15(5)7-9-16/h6-10H2,1-5H3,(H,17,18). The van der Waals surface area contributed by atoms with Crippen LogP contribution >= 0.6 is 0 Å². The Bertz CT molecular complexity index is 373. The van der Waals surface area contributed by atoms with Crippen LogP contribution < -0.4 is 0 Å². The Labute approximate surface area is 115 Å². The Morgan fingerprint density at radius 3 is 2.00 bits per heavy atom. The van der Waals surface area contributed by atoms with Gasteiger partial charge in [0.05, 0.1) is 11.2 Å². The lowest BCUT2D eigenvalue weighted by Gasteiger charge is -2.47. The molecule has 0 aromatic heterocycles. The molecule has 2 aliphatic heterocycles. The number of piperazine rings is 1. The highest BCUT2D eigenvalue weighted by Gasteiger charge is 2.65. The molecule has 1 N–H and O–H groups in total. The van der Waals surface area contributed by atoms with Crippen LogP contribution in [0.25, 0.3) is 0 Å². The Balaban J connectivity index is 2.36. The summed E-state index contributed by atoms with van der Waals surface area (Å²) in [4.78, 5) is 16.4. The smallest absolute Gasteiger partial charge is 0.327 e. The summed E-state index contributed by atoms with van der Waals surface area (Å²) in [5, 5.41) is 9.91. The van der Waals surface area contributed by atoms with Crippen molar-refractivity contribution in [2.75, 3.05) is 33.2 Å². The maximum Gasteiger partial charge on any atom is 0.327 e. The summed E-state index contributed by atoms with van der Waals surface area (Å²) in [6.45, 7) is 11.2. The van der Waals surface area contributed by atoms with Crippen LogP contribution in [0, 0.1) is 0 Å². The molecular weight excluding hydrogens is 244 g/mol. The molecule has 0 bridgehead atoms. The number of ether oxygens (including phenoxy) is 1. The summed E-state index contributed by atoms with van der Waals surface area (Å²) >= 11 is 0. The van der Waals surface area contributed by atoms with E-state index >= 15 is 0 Å². The largest absolute Gasteiger partial charge is 0.480 e. The van der Waals surface area contributed by atoms with Crippen molar-refractivity contribution in [3.8, 4) is 0 Å². The second-order valence-electron chi connectivity index (χ2n) is 7.00. The zero-order chi connectivity index (χ0) is 14.5. The van der Waals surface area contributed by atoms with Gasteiger partial charge >= 0.3 is 5.97 Å². The van der Waals surface area contributed by atoms with E-state index in [0.717, 1.165) is 26.2 Å². The van der Waals surface area contributed by atoms with E-state index in [0.29, 0.717) is 6.42 Å². The molecule has 0 aromatic carbocycles. The quantitative estimate of drug-likeness (QED) is 0.812. The zero-order valence-electron chi connectivity index (χ0n) is 12.7. The van der Waals surface area contributed by atoms with Crippen molar-refractivity contribution in [3.63, 3.8) is 0 Å². The van der Waals surface area contributed by atoms with Gasteiger partial charge in [-0.3, -0.25) is 9.69 Å². The number of carboxylic acids is 1. The van der Waals surface area contributed by atoms with Crippen molar-refractivity contribution in [2.24, 2.45) is 0 Å². The molecule has 2 aliphatic rings. The highest BCUT2D eigenvalue weighted by atomic mass is 16.5. The Hall–Kier alpha value is -0.650. The molecule has 2 heterocycles. The maximum atomic E-state index is 12.1. The van der Waals surface area contributed by atoms with Crippen LogP contribution in [-0.4, -0.2) is 70.8 Å². The van der Waals surface area contributed by atoms with E-state index in [9.17, 15) is 9.90 Å². The van der Waals surface area contributed by atoms with E-state index in [-0.39, 0.29) is 0 Å². The first-order chi connectivity index (χ1) is 8.61. The molecule has 0 aromatic rings. The number of carboxylic acid groups (broad SMARTS) is 1. The van der Waals surface area contributed by atoms with Gasteiger partial charge in [0.15, 0.2) is 5.54 Å². The molecule has 1 atom stereocenters. The number of hydrogen-bond acceptors (Lipinski definition) is 4. The van der Waals surface area contributed by atoms with Crippen molar-refractivity contribution in [1.82, 2.24) is 9.80 Å². The number of hydrogen-bond donors (Lipinski definition) is 1. The van der Waals surface area contributed by atoms with Crippen molar-refractivity contribution in [2.45, 2.75) is 50.9 Å². The molecule has 1 unspecified atom stereocenters. The van der Waals surface area contributed by atoms with Crippen LogP contribution in [0.4, 0.5) is 0 Å². The SMILES string of the molecule is CN1CCN(C2(C(=O)O)CC(C)(C)OC2(C)C)CC1. The fourth-order valence-corrected chi connectivity index (χ4v) is 3.79. The van der Waals surface area contributed by atoms with Crippen LogP contribution in [0.15, 0.2) is 0 Å². The van der Waals surface area contributed by atoms with Gasteiger partial charge in [0.1, 0.15) is 0 Å². The van der Waals surface area contributed by atoms with Gasteiger partial charge in [0.25, 0.3) is 0 Å². The number of rotatable bonds is 2. The van der Waals surface area contributed by atoms with E-state index in [1.807, 2.05) is 27.7 Å². The minimum absolute atomic E-state index is 0.398. The van der Waals surface area contributed by atoms with Gasteiger partial charge in [-0.2, -0.15) is 0 Å². The lowest BCUT2D eigenvalue weighted by atomic mass is 9.77. The molecule has 0 radical (unpaired) electrons. The summed E-state index contributed by atoms with van der Waals surface area (Å²) in [7, 11) is 2.07. The molecular formula is C14H26N2O3. The fraction of sp³-hybridized carbons (Fsp3) is 0.929. The third-order valence-corrected chi connectivity index (χ3v) is 4.61. The Morgan fingerprint density at radius 1 is 1.11 bits per heavy atom. The highest BCUT2D eigenvalue weighted by Crippen LogP contribution is 2.48. The summed E-state index contributed by atoms with van der Waals surface area (Å²) < 4.78 is 6.06. The molecule has 0 amide bonds. The van der Waals surface area contributed by atoms with E-state index in [1.54, 1.807) is 0 Å². The first-order valence-corrected chi connectivity index (χ1v) is 6.98. The molecule has 0 aliphatic carbocycles. The third-order valence-electron chi connectivity index (χ3n) is 4.61. The van der Waals surface area contributed by atoms with E-state index in [2.05, 4.69) is 16.8 Å². The average molecular weight is 270 g/mol. The van der Waals surface area contributed by atoms with Crippen LogP contribution in [0.2, 0.25) is 0 Å². The van der Waals surface area contributed by atoms with Gasteiger partial charge < -0.3 is 14.7 Å². The van der Waals surface area contributed by atoms with E-state index in [1.165, 1.54) is 0 Å². The van der Waals surface area contributed by atoms with Crippen LogP contribution in [0.5, 0.6) is 0 Å². The number of carbonyl (C=O) groups is 1.